The molecule has 8 heteroatoms. The minimum absolute atomic E-state index is 0.122. The molecule has 2 aromatic carbocycles. The Labute approximate surface area is 176 Å². The van der Waals surface area contributed by atoms with Gasteiger partial charge in [-0.1, -0.05) is 42.5 Å². The Morgan fingerprint density at radius 3 is 2.53 bits per heavy atom. The highest BCUT2D eigenvalue weighted by molar-refractivity contribution is 5.49. The zero-order valence-corrected chi connectivity index (χ0v) is 17.5. The molecule has 1 aromatic heterocycles. The standard InChI is InChI=1S/C22H28N6O2/c1-29-19-10-6-9-18(21(19)30-2)20(27-15-12-23-13-16-27)22-24-25-26-28(22)14-11-17-7-4-3-5-8-17/h3-10,20,23H,11-16H2,1-2H3. The molecule has 0 aliphatic carbocycles. The Morgan fingerprint density at radius 1 is 1.00 bits per heavy atom. The fourth-order valence-corrected chi connectivity index (χ4v) is 4.01. The van der Waals surface area contributed by atoms with E-state index in [0.29, 0.717) is 12.3 Å². The first-order valence-corrected chi connectivity index (χ1v) is 10.3. The van der Waals surface area contributed by atoms with Crippen LogP contribution >= 0.6 is 0 Å². The quantitative estimate of drug-likeness (QED) is 0.610. The van der Waals surface area contributed by atoms with E-state index >= 15 is 0 Å². The summed E-state index contributed by atoms with van der Waals surface area (Å²) in [4.78, 5) is 2.40. The first kappa shape index (κ1) is 20.3. The highest BCUT2D eigenvalue weighted by Gasteiger charge is 2.32. The molecule has 1 saturated heterocycles. The minimum atomic E-state index is -0.122. The predicted octanol–water partition coefficient (Wildman–Crippen LogP) is 1.93. The van der Waals surface area contributed by atoms with Crippen molar-refractivity contribution in [3.8, 4) is 11.5 Å². The van der Waals surface area contributed by atoms with Crippen molar-refractivity contribution in [2.75, 3.05) is 40.4 Å². The molecule has 0 spiro atoms. The second-order valence-electron chi connectivity index (χ2n) is 7.27. The summed E-state index contributed by atoms with van der Waals surface area (Å²) in [5.74, 6) is 2.25. The van der Waals surface area contributed by atoms with Crippen LogP contribution in [0.2, 0.25) is 0 Å². The highest BCUT2D eigenvalue weighted by atomic mass is 16.5. The lowest BCUT2D eigenvalue weighted by Gasteiger charge is -2.35. The number of rotatable bonds is 8. The van der Waals surface area contributed by atoms with Gasteiger partial charge in [-0.2, -0.15) is 0 Å². The average molecular weight is 409 g/mol. The maximum absolute atomic E-state index is 5.76. The van der Waals surface area contributed by atoms with E-state index in [0.717, 1.165) is 49.7 Å². The Balaban J connectivity index is 1.71. The van der Waals surface area contributed by atoms with Gasteiger partial charge in [-0.25, -0.2) is 4.68 Å². The van der Waals surface area contributed by atoms with Crippen LogP contribution in [0.25, 0.3) is 0 Å². The largest absolute Gasteiger partial charge is 0.493 e. The van der Waals surface area contributed by atoms with Gasteiger partial charge in [-0.05, 0) is 28.5 Å². The van der Waals surface area contributed by atoms with Gasteiger partial charge in [0.05, 0.1) is 14.2 Å². The molecule has 1 aliphatic heterocycles. The first-order chi connectivity index (χ1) is 14.8. The van der Waals surface area contributed by atoms with Crippen molar-refractivity contribution in [1.29, 1.82) is 0 Å². The van der Waals surface area contributed by atoms with Crippen molar-refractivity contribution in [2.45, 2.75) is 19.0 Å². The van der Waals surface area contributed by atoms with Crippen LogP contribution in [0.15, 0.2) is 48.5 Å². The maximum Gasteiger partial charge on any atom is 0.173 e. The van der Waals surface area contributed by atoms with E-state index in [1.165, 1.54) is 5.56 Å². The van der Waals surface area contributed by atoms with Crippen LogP contribution in [-0.4, -0.2) is 65.5 Å². The number of nitrogens with zero attached hydrogens (tertiary/aromatic N) is 5. The van der Waals surface area contributed by atoms with E-state index in [4.69, 9.17) is 9.47 Å². The summed E-state index contributed by atoms with van der Waals surface area (Å²) in [6.45, 7) is 4.36. The molecular weight excluding hydrogens is 380 g/mol. The van der Waals surface area contributed by atoms with Crippen LogP contribution in [0.4, 0.5) is 0 Å². The van der Waals surface area contributed by atoms with E-state index in [1.54, 1.807) is 14.2 Å². The van der Waals surface area contributed by atoms with Gasteiger partial charge in [0.15, 0.2) is 17.3 Å². The predicted molar refractivity (Wildman–Crippen MR) is 114 cm³/mol. The molecule has 3 aromatic rings. The topological polar surface area (TPSA) is 77.3 Å². The molecule has 1 fully saturated rings. The number of nitrogens with one attached hydrogen (secondary N) is 1. The molecule has 1 N–H and O–H groups in total. The molecule has 2 heterocycles. The summed E-state index contributed by atoms with van der Waals surface area (Å²) in [5.41, 5.74) is 2.27. The first-order valence-electron chi connectivity index (χ1n) is 10.3. The van der Waals surface area contributed by atoms with Crippen LogP contribution in [-0.2, 0) is 13.0 Å². The lowest BCUT2D eigenvalue weighted by Crippen LogP contribution is -2.46. The number of ether oxygens (including phenoxy) is 2. The fourth-order valence-electron chi connectivity index (χ4n) is 4.01. The second kappa shape index (κ2) is 9.69. The van der Waals surface area contributed by atoms with Crippen LogP contribution in [0.3, 0.4) is 0 Å². The average Bonchev–Trinajstić information content (AvgIpc) is 3.27. The summed E-state index contributed by atoms with van der Waals surface area (Å²) in [5, 5.41) is 16.2. The number of hydrogen-bond donors (Lipinski definition) is 1. The van der Waals surface area contributed by atoms with Crippen LogP contribution in [0.1, 0.15) is 23.0 Å². The van der Waals surface area contributed by atoms with Crippen molar-refractivity contribution < 1.29 is 9.47 Å². The summed E-state index contributed by atoms with van der Waals surface area (Å²) < 4.78 is 13.2. The summed E-state index contributed by atoms with van der Waals surface area (Å²) in [7, 11) is 3.33. The number of aryl methyl sites for hydroxylation is 2. The van der Waals surface area contributed by atoms with Crippen molar-refractivity contribution in [3.05, 3.63) is 65.5 Å². The van der Waals surface area contributed by atoms with E-state index in [9.17, 15) is 0 Å². The van der Waals surface area contributed by atoms with Crippen molar-refractivity contribution in [3.63, 3.8) is 0 Å². The number of benzene rings is 2. The summed E-state index contributed by atoms with van der Waals surface area (Å²) in [6, 6.07) is 16.3. The number of hydrogen-bond acceptors (Lipinski definition) is 7. The third-order valence-corrected chi connectivity index (χ3v) is 5.50. The summed E-state index contributed by atoms with van der Waals surface area (Å²) >= 11 is 0. The van der Waals surface area contributed by atoms with Crippen LogP contribution in [0.5, 0.6) is 11.5 Å². The van der Waals surface area contributed by atoms with Gasteiger partial charge < -0.3 is 14.8 Å². The number of piperazine rings is 1. The number of tetrazole rings is 1. The van der Waals surface area contributed by atoms with E-state index in [-0.39, 0.29) is 6.04 Å². The molecule has 158 valence electrons. The molecule has 0 radical (unpaired) electrons. The lowest BCUT2D eigenvalue weighted by molar-refractivity contribution is 0.184. The van der Waals surface area contributed by atoms with Gasteiger partial charge >= 0.3 is 0 Å². The van der Waals surface area contributed by atoms with Crippen molar-refractivity contribution >= 4 is 0 Å². The molecule has 4 rings (SSSR count). The Bertz CT molecular complexity index is 940. The molecule has 1 aliphatic rings. The molecule has 1 atom stereocenters. The van der Waals surface area contributed by atoms with Crippen LogP contribution in [0, 0.1) is 0 Å². The van der Waals surface area contributed by atoms with Crippen LogP contribution < -0.4 is 14.8 Å². The number of aromatic nitrogens is 4. The Hall–Kier alpha value is -2.97. The lowest BCUT2D eigenvalue weighted by atomic mass is 10.0. The number of methoxy groups -OCH3 is 2. The van der Waals surface area contributed by atoms with Gasteiger partial charge in [0.2, 0.25) is 0 Å². The molecule has 8 nitrogen and oxygen atoms in total. The molecule has 1 unspecified atom stereocenters. The Morgan fingerprint density at radius 2 is 1.80 bits per heavy atom. The number of para-hydroxylation sites is 1. The van der Waals surface area contributed by atoms with E-state index < -0.39 is 0 Å². The third kappa shape index (κ3) is 4.29. The third-order valence-electron chi connectivity index (χ3n) is 5.50. The minimum Gasteiger partial charge on any atom is -0.493 e. The van der Waals surface area contributed by atoms with Gasteiger partial charge in [0.25, 0.3) is 0 Å². The molecular formula is C22H28N6O2. The normalized spacial score (nSPS) is 15.7. The smallest absolute Gasteiger partial charge is 0.173 e. The van der Waals surface area contributed by atoms with E-state index in [2.05, 4.69) is 56.1 Å². The highest BCUT2D eigenvalue weighted by Crippen LogP contribution is 2.39. The SMILES string of the molecule is COc1cccc(C(c2nnnn2CCc2ccccc2)N2CCNCC2)c1OC. The van der Waals surface area contributed by atoms with Gasteiger partial charge in [-0.15, -0.1) is 5.10 Å². The zero-order chi connectivity index (χ0) is 20.8. The Kier molecular flexibility index (Phi) is 6.56. The van der Waals surface area contributed by atoms with Gasteiger partial charge in [0.1, 0.15) is 6.04 Å². The van der Waals surface area contributed by atoms with Gasteiger partial charge in [-0.3, -0.25) is 4.90 Å². The fraction of sp³-hybridized carbons (Fsp3) is 0.409. The molecule has 0 saturated carbocycles. The van der Waals surface area contributed by atoms with Gasteiger partial charge in [0, 0.05) is 38.3 Å². The maximum atomic E-state index is 5.76. The van der Waals surface area contributed by atoms with E-state index in [1.807, 2.05) is 22.9 Å². The molecule has 0 amide bonds. The summed E-state index contributed by atoms with van der Waals surface area (Å²) in [6.07, 6.45) is 0.863. The zero-order valence-electron chi connectivity index (χ0n) is 17.5. The molecule has 30 heavy (non-hydrogen) atoms. The monoisotopic (exact) mass is 408 g/mol. The van der Waals surface area contributed by atoms with Crippen molar-refractivity contribution in [2.24, 2.45) is 0 Å². The second-order valence-corrected chi connectivity index (χ2v) is 7.27. The van der Waals surface area contributed by atoms with Crippen molar-refractivity contribution in [1.82, 2.24) is 30.4 Å². The molecule has 0 bridgehead atoms.